The van der Waals surface area contributed by atoms with Crippen LogP contribution in [0.2, 0.25) is 5.15 Å². The van der Waals surface area contributed by atoms with Crippen molar-refractivity contribution in [2.45, 2.75) is 38.8 Å². The quantitative estimate of drug-likeness (QED) is 0.851. The van der Waals surface area contributed by atoms with E-state index in [-0.39, 0.29) is 11.9 Å². The summed E-state index contributed by atoms with van der Waals surface area (Å²) in [4.78, 5) is 10.1. The molecule has 0 unspecified atom stereocenters. The van der Waals surface area contributed by atoms with Crippen LogP contribution in [0.25, 0.3) is 0 Å². The number of aryl methyl sites for hydroxylation is 1. The second-order valence-corrected chi connectivity index (χ2v) is 6.56. The largest absolute Gasteiger partial charge is 0.371 e. The molecule has 0 bridgehead atoms. The number of aromatic amines is 1. The first-order valence-corrected chi connectivity index (χ1v) is 8.86. The fourth-order valence-electron chi connectivity index (χ4n) is 2.96. The Morgan fingerprint density at radius 3 is 2.92 bits per heavy atom. The van der Waals surface area contributed by atoms with E-state index in [2.05, 4.69) is 21.8 Å². The van der Waals surface area contributed by atoms with Crippen LogP contribution in [0.4, 0.5) is 4.39 Å². The number of nitrogens with one attached hydrogen (secondary N) is 1. The molecule has 4 nitrogen and oxygen atoms in total. The normalized spacial score (nSPS) is 18.9. The summed E-state index contributed by atoms with van der Waals surface area (Å²) in [7, 11) is 0. The van der Waals surface area contributed by atoms with Crippen molar-refractivity contribution in [2.75, 3.05) is 19.7 Å². The summed E-state index contributed by atoms with van der Waals surface area (Å²) >= 11 is 6.27. The monoisotopic (exact) mass is 351 g/mol. The molecule has 0 aliphatic carbocycles. The second kappa shape index (κ2) is 8.10. The molecule has 130 valence electrons. The van der Waals surface area contributed by atoms with Crippen LogP contribution in [0.5, 0.6) is 0 Å². The van der Waals surface area contributed by atoms with Gasteiger partial charge in [-0.2, -0.15) is 0 Å². The first kappa shape index (κ1) is 17.4. The van der Waals surface area contributed by atoms with Gasteiger partial charge < -0.3 is 9.72 Å². The zero-order valence-electron chi connectivity index (χ0n) is 13.9. The third-order valence-corrected chi connectivity index (χ3v) is 4.63. The number of H-pyrrole nitrogens is 1. The van der Waals surface area contributed by atoms with E-state index >= 15 is 0 Å². The molecular formula is C18H23ClFN3O. The molecule has 3 rings (SSSR count). The maximum absolute atomic E-state index is 13.1. The van der Waals surface area contributed by atoms with E-state index in [1.807, 2.05) is 0 Å². The third kappa shape index (κ3) is 4.35. The third-order valence-electron chi connectivity index (χ3n) is 4.32. The molecule has 1 aromatic heterocycles. The van der Waals surface area contributed by atoms with E-state index in [1.54, 1.807) is 12.1 Å². The summed E-state index contributed by atoms with van der Waals surface area (Å²) < 4.78 is 18.9. The average Bonchev–Trinajstić information content (AvgIpc) is 2.93. The standard InChI is InChI=1S/C18H23ClFN3O/c1-2-3-4-17-21-15(18(19)22-17)11-23-9-10-24-16(12-23)13-5-7-14(20)8-6-13/h5-8,16H,2-4,9-12H2,1H3,(H,21,22)/t16-/m0/s1. The Bertz CT molecular complexity index is 659. The maximum atomic E-state index is 13.1. The van der Waals surface area contributed by atoms with Gasteiger partial charge in [0.1, 0.15) is 11.6 Å². The lowest BCUT2D eigenvalue weighted by Crippen LogP contribution is -2.38. The van der Waals surface area contributed by atoms with Gasteiger partial charge in [-0.15, -0.1) is 0 Å². The summed E-state index contributed by atoms with van der Waals surface area (Å²) in [5.74, 6) is 0.732. The Labute approximate surface area is 147 Å². The molecule has 0 amide bonds. The van der Waals surface area contributed by atoms with Gasteiger partial charge in [-0.25, -0.2) is 9.37 Å². The Morgan fingerprint density at radius 2 is 2.17 bits per heavy atom. The molecule has 6 heteroatoms. The van der Waals surface area contributed by atoms with Crippen molar-refractivity contribution < 1.29 is 9.13 Å². The van der Waals surface area contributed by atoms with E-state index in [0.29, 0.717) is 11.8 Å². The molecule has 0 spiro atoms. The van der Waals surface area contributed by atoms with Crippen LogP contribution in [0.1, 0.15) is 43.0 Å². The van der Waals surface area contributed by atoms with Crippen LogP contribution >= 0.6 is 11.6 Å². The number of ether oxygens (including phenoxy) is 1. The highest BCUT2D eigenvalue weighted by Gasteiger charge is 2.23. The van der Waals surface area contributed by atoms with Gasteiger partial charge in [0, 0.05) is 26.1 Å². The smallest absolute Gasteiger partial charge is 0.151 e. The topological polar surface area (TPSA) is 41.2 Å². The number of benzene rings is 1. The summed E-state index contributed by atoms with van der Waals surface area (Å²) in [6.45, 7) is 5.13. The first-order chi connectivity index (χ1) is 11.7. The lowest BCUT2D eigenvalue weighted by atomic mass is 10.1. The number of hydrogen-bond donors (Lipinski definition) is 1. The van der Waals surface area contributed by atoms with E-state index < -0.39 is 0 Å². The molecule has 1 aliphatic heterocycles. The Hall–Kier alpha value is -1.43. The molecule has 24 heavy (non-hydrogen) atoms. The number of morpholine rings is 1. The number of rotatable bonds is 6. The minimum absolute atomic E-state index is 0.0411. The van der Waals surface area contributed by atoms with Crippen molar-refractivity contribution in [1.82, 2.24) is 14.9 Å². The number of nitrogens with zero attached hydrogens (tertiary/aromatic N) is 2. The van der Waals surface area contributed by atoms with Gasteiger partial charge in [0.05, 0.1) is 18.4 Å². The minimum Gasteiger partial charge on any atom is -0.371 e. The fourth-order valence-corrected chi connectivity index (χ4v) is 3.16. The summed E-state index contributed by atoms with van der Waals surface area (Å²) in [5.41, 5.74) is 1.96. The van der Waals surface area contributed by atoms with Crippen molar-refractivity contribution in [2.24, 2.45) is 0 Å². The molecule has 1 aliphatic rings. The zero-order chi connectivity index (χ0) is 16.9. The van der Waals surface area contributed by atoms with Crippen LogP contribution in [-0.2, 0) is 17.7 Å². The number of unbranched alkanes of at least 4 members (excludes halogenated alkanes) is 1. The van der Waals surface area contributed by atoms with Crippen molar-refractivity contribution in [3.05, 3.63) is 52.3 Å². The zero-order valence-corrected chi connectivity index (χ0v) is 14.7. The van der Waals surface area contributed by atoms with Gasteiger partial charge in [-0.3, -0.25) is 4.90 Å². The molecule has 0 saturated carbocycles. The van der Waals surface area contributed by atoms with Crippen molar-refractivity contribution in [3.8, 4) is 0 Å². The van der Waals surface area contributed by atoms with Crippen LogP contribution in [0, 0.1) is 5.82 Å². The molecule has 1 fully saturated rings. The van der Waals surface area contributed by atoms with Crippen LogP contribution < -0.4 is 0 Å². The fraction of sp³-hybridized carbons (Fsp3) is 0.500. The summed E-state index contributed by atoms with van der Waals surface area (Å²) in [6, 6.07) is 6.53. The molecule has 1 saturated heterocycles. The van der Waals surface area contributed by atoms with Gasteiger partial charge in [-0.1, -0.05) is 37.1 Å². The lowest BCUT2D eigenvalue weighted by Gasteiger charge is -2.32. The van der Waals surface area contributed by atoms with E-state index in [4.69, 9.17) is 16.3 Å². The molecular weight excluding hydrogens is 329 g/mol. The Kier molecular flexibility index (Phi) is 5.87. The lowest BCUT2D eigenvalue weighted by molar-refractivity contribution is -0.0332. The summed E-state index contributed by atoms with van der Waals surface area (Å²) in [6.07, 6.45) is 3.13. The molecule has 2 aromatic rings. The van der Waals surface area contributed by atoms with Gasteiger partial charge in [0.2, 0.25) is 0 Å². The summed E-state index contributed by atoms with van der Waals surface area (Å²) in [5, 5.41) is 0.561. The molecule has 0 radical (unpaired) electrons. The second-order valence-electron chi connectivity index (χ2n) is 6.20. The average molecular weight is 352 g/mol. The van der Waals surface area contributed by atoms with Crippen LogP contribution in [0.3, 0.4) is 0 Å². The molecule has 2 heterocycles. The van der Waals surface area contributed by atoms with Gasteiger partial charge in [0.25, 0.3) is 0 Å². The van der Waals surface area contributed by atoms with E-state index in [1.165, 1.54) is 12.1 Å². The van der Waals surface area contributed by atoms with Crippen molar-refractivity contribution in [3.63, 3.8) is 0 Å². The van der Waals surface area contributed by atoms with Crippen molar-refractivity contribution in [1.29, 1.82) is 0 Å². The van der Waals surface area contributed by atoms with Gasteiger partial charge in [0.15, 0.2) is 5.15 Å². The maximum Gasteiger partial charge on any atom is 0.151 e. The number of imidazole rings is 1. The van der Waals surface area contributed by atoms with Gasteiger partial charge >= 0.3 is 0 Å². The number of aromatic nitrogens is 2. The minimum atomic E-state index is -0.227. The van der Waals surface area contributed by atoms with Crippen LogP contribution in [0.15, 0.2) is 24.3 Å². The SMILES string of the molecule is CCCCc1nc(Cl)c(CN2CCO[C@H](c3ccc(F)cc3)C2)[nH]1. The first-order valence-electron chi connectivity index (χ1n) is 8.48. The number of hydrogen-bond acceptors (Lipinski definition) is 3. The highest BCUT2D eigenvalue weighted by molar-refractivity contribution is 6.30. The number of halogens is 2. The predicted molar refractivity (Wildman–Crippen MR) is 92.6 cm³/mol. The van der Waals surface area contributed by atoms with Gasteiger partial charge in [-0.05, 0) is 24.1 Å². The Balaban J connectivity index is 1.63. The van der Waals surface area contributed by atoms with E-state index in [0.717, 1.165) is 56.0 Å². The Morgan fingerprint density at radius 1 is 1.38 bits per heavy atom. The highest BCUT2D eigenvalue weighted by Crippen LogP contribution is 2.24. The van der Waals surface area contributed by atoms with Crippen molar-refractivity contribution >= 4 is 11.6 Å². The molecule has 1 aromatic carbocycles. The molecule has 1 atom stereocenters. The van der Waals surface area contributed by atoms with Crippen LogP contribution in [-0.4, -0.2) is 34.6 Å². The molecule has 1 N–H and O–H groups in total. The van der Waals surface area contributed by atoms with E-state index in [9.17, 15) is 4.39 Å². The predicted octanol–water partition coefficient (Wildman–Crippen LogP) is 4.12. The highest BCUT2D eigenvalue weighted by atomic mass is 35.5.